The third-order valence-electron chi connectivity index (χ3n) is 3.14. The van der Waals surface area contributed by atoms with E-state index in [0.717, 1.165) is 6.42 Å². The molecule has 0 aromatic heterocycles. The summed E-state index contributed by atoms with van der Waals surface area (Å²) in [7, 11) is 3.48. The number of hydrogen-bond donors (Lipinski definition) is 1. The maximum Gasteiger partial charge on any atom is 0.410 e. The van der Waals surface area contributed by atoms with E-state index < -0.39 is 5.60 Å². The molecule has 0 aromatic rings. The summed E-state index contributed by atoms with van der Waals surface area (Å²) in [6.07, 6.45) is 0.554. The molecule has 0 bridgehead atoms. The van der Waals surface area contributed by atoms with Gasteiger partial charge in [0.25, 0.3) is 0 Å². The third-order valence-corrected chi connectivity index (χ3v) is 3.14. The second-order valence-electron chi connectivity index (χ2n) is 6.53. The van der Waals surface area contributed by atoms with Crippen LogP contribution in [0, 0.1) is 0 Å². The van der Waals surface area contributed by atoms with Gasteiger partial charge in [0.2, 0.25) is 5.91 Å². The molecule has 1 N–H and O–H groups in total. The predicted octanol–water partition coefficient (Wildman–Crippen LogP) is 1.06. The molecule has 1 saturated heterocycles. The average molecular weight is 285 g/mol. The monoisotopic (exact) mass is 285 g/mol. The van der Waals surface area contributed by atoms with Crippen molar-refractivity contribution in [2.24, 2.45) is 0 Å². The van der Waals surface area contributed by atoms with Gasteiger partial charge in [-0.05, 0) is 34.1 Å². The van der Waals surface area contributed by atoms with E-state index in [1.54, 1.807) is 23.9 Å². The van der Waals surface area contributed by atoms with Crippen molar-refractivity contribution >= 4 is 12.0 Å². The molecule has 0 spiro atoms. The number of carbonyl (C=O) groups excluding carboxylic acids is 2. The van der Waals surface area contributed by atoms with Gasteiger partial charge in [-0.3, -0.25) is 4.79 Å². The number of nitrogens with zero attached hydrogens (tertiary/aromatic N) is 2. The highest BCUT2D eigenvalue weighted by Gasteiger charge is 2.31. The first-order chi connectivity index (χ1) is 9.10. The van der Waals surface area contributed by atoms with E-state index in [1.165, 1.54) is 0 Å². The van der Waals surface area contributed by atoms with Crippen molar-refractivity contribution in [2.45, 2.75) is 51.8 Å². The molecule has 2 atom stereocenters. The lowest BCUT2D eigenvalue weighted by Crippen LogP contribution is -2.47. The summed E-state index contributed by atoms with van der Waals surface area (Å²) in [6, 6.07) is -0.102. The van der Waals surface area contributed by atoms with Crippen LogP contribution in [0.1, 0.15) is 34.1 Å². The summed E-state index contributed by atoms with van der Waals surface area (Å²) in [4.78, 5) is 27.0. The third kappa shape index (κ3) is 5.00. The van der Waals surface area contributed by atoms with E-state index in [9.17, 15) is 9.59 Å². The standard InChI is InChI=1S/C14H27N3O3/c1-10(12(18)16(5)6)15-11-7-8-17(9-11)13(19)20-14(2,3)4/h10-11,15H,7-9H2,1-6H3. The highest BCUT2D eigenvalue weighted by molar-refractivity contribution is 5.81. The molecule has 6 nitrogen and oxygen atoms in total. The smallest absolute Gasteiger partial charge is 0.410 e. The second-order valence-corrected chi connectivity index (χ2v) is 6.53. The highest BCUT2D eigenvalue weighted by Crippen LogP contribution is 2.15. The Morgan fingerprint density at radius 3 is 2.45 bits per heavy atom. The Hall–Kier alpha value is -1.30. The summed E-state index contributed by atoms with van der Waals surface area (Å²) in [5, 5.41) is 3.27. The van der Waals surface area contributed by atoms with E-state index in [1.807, 2.05) is 27.7 Å². The van der Waals surface area contributed by atoms with Crippen LogP contribution in [-0.4, -0.2) is 66.7 Å². The number of hydrogen-bond acceptors (Lipinski definition) is 4. The molecule has 2 unspecified atom stereocenters. The van der Waals surface area contributed by atoms with Crippen LogP contribution in [0.4, 0.5) is 4.79 Å². The number of carbonyl (C=O) groups is 2. The topological polar surface area (TPSA) is 61.9 Å². The van der Waals surface area contributed by atoms with Gasteiger partial charge < -0.3 is 19.9 Å². The number of likely N-dealkylation sites (tertiary alicyclic amines) is 1. The lowest BCUT2D eigenvalue weighted by Gasteiger charge is -2.25. The highest BCUT2D eigenvalue weighted by atomic mass is 16.6. The number of amides is 2. The molecule has 0 aliphatic carbocycles. The molecule has 1 rings (SSSR count). The Morgan fingerprint density at radius 2 is 1.95 bits per heavy atom. The zero-order valence-corrected chi connectivity index (χ0v) is 13.4. The molecule has 1 aliphatic heterocycles. The van der Waals surface area contributed by atoms with E-state index in [-0.39, 0.29) is 24.1 Å². The summed E-state index contributed by atoms with van der Waals surface area (Å²) in [6.45, 7) is 8.66. The normalized spacial score (nSPS) is 20.7. The summed E-state index contributed by atoms with van der Waals surface area (Å²) in [5.41, 5.74) is -0.475. The van der Waals surface area contributed by atoms with E-state index in [0.29, 0.717) is 13.1 Å². The van der Waals surface area contributed by atoms with Gasteiger partial charge in [0.05, 0.1) is 6.04 Å². The lowest BCUT2D eigenvalue weighted by molar-refractivity contribution is -0.130. The SMILES string of the molecule is CC(NC1CCN(C(=O)OC(C)(C)C)C1)C(=O)N(C)C. The van der Waals surface area contributed by atoms with Gasteiger partial charge in [0.15, 0.2) is 0 Å². The maximum absolute atomic E-state index is 11.9. The first kappa shape index (κ1) is 16.8. The van der Waals surface area contributed by atoms with Gasteiger partial charge in [-0.15, -0.1) is 0 Å². The zero-order valence-electron chi connectivity index (χ0n) is 13.4. The van der Waals surface area contributed by atoms with Crippen molar-refractivity contribution in [2.75, 3.05) is 27.2 Å². The van der Waals surface area contributed by atoms with Crippen LogP contribution < -0.4 is 5.32 Å². The van der Waals surface area contributed by atoms with E-state index in [4.69, 9.17) is 4.74 Å². The van der Waals surface area contributed by atoms with E-state index >= 15 is 0 Å². The summed E-state index contributed by atoms with van der Waals surface area (Å²) in [5.74, 6) is 0.0423. The molecule has 6 heteroatoms. The quantitative estimate of drug-likeness (QED) is 0.842. The van der Waals surface area contributed by atoms with Crippen molar-refractivity contribution in [3.05, 3.63) is 0 Å². The van der Waals surface area contributed by atoms with Crippen molar-refractivity contribution in [1.29, 1.82) is 0 Å². The number of nitrogens with one attached hydrogen (secondary N) is 1. The minimum Gasteiger partial charge on any atom is -0.444 e. The molecule has 2 amide bonds. The zero-order chi connectivity index (χ0) is 15.5. The Bertz CT molecular complexity index is 363. The van der Waals surface area contributed by atoms with Gasteiger partial charge in [-0.25, -0.2) is 4.79 Å². The maximum atomic E-state index is 11.9. The average Bonchev–Trinajstić information content (AvgIpc) is 2.74. The van der Waals surface area contributed by atoms with Gasteiger partial charge in [0.1, 0.15) is 5.60 Å². The first-order valence-electron chi connectivity index (χ1n) is 7.05. The number of rotatable bonds is 3. The number of likely N-dealkylation sites (N-methyl/N-ethyl adjacent to an activating group) is 1. The van der Waals surface area contributed by atoms with Crippen LogP contribution in [0.5, 0.6) is 0 Å². The van der Waals surface area contributed by atoms with Crippen LogP contribution in [0.15, 0.2) is 0 Å². The van der Waals surface area contributed by atoms with Crippen molar-refractivity contribution in [3.63, 3.8) is 0 Å². The first-order valence-corrected chi connectivity index (χ1v) is 7.05. The van der Waals surface area contributed by atoms with Crippen LogP contribution >= 0.6 is 0 Å². The summed E-state index contributed by atoms with van der Waals surface area (Å²) < 4.78 is 5.34. The van der Waals surface area contributed by atoms with Gasteiger partial charge in [0, 0.05) is 33.2 Å². The fourth-order valence-electron chi connectivity index (χ4n) is 2.20. The second kappa shape index (κ2) is 6.43. The molecule has 20 heavy (non-hydrogen) atoms. The molecule has 1 fully saturated rings. The fourth-order valence-corrected chi connectivity index (χ4v) is 2.20. The van der Waals surface area contributed by atoms with Gasteiger partial charge in [-0.2, -0.15) is 0 Å². The molecule has 0 aromatic carbocycles. The Kier molecular flexibility index (Phi) is 5.39. The molecular formula is C14H27N3O3. The molecule has 0 radical (unpaired) electrons. The number of ether oxygens (including phenoxy) is 1. The fraction of sp³-hybridized carbons (Fsp3) is 0.857. The van der Waals surface area contributed by atoms with Crippen LogP contribution in [0.2, 0.25) is 0 Å². The Morgan fingerprint density at radius 1 is 1.35 bits per heavy atom. The molecular weight excluding hydrogens is 258 g/mol. The largest absolute Gasteiger partial charge is 0.444 e. The molecule has 116 valence electrons. The molecule has 1 heterocycles. The lowest BCUT2D eigenvalue weighted by atomic mass is 10.2. The van der Waals surface area contributed by atoms with Crippen LogP contribution in [-0.2, 0) is 9.53 Å². The van der Waals surface area contributed by atoms with Crippen molar-refractivity contribution < 1.29 is 14.3 Å². The Balaban J connectivity index is 2.44. The van der Waals surface area contributed by atoms with Gasteiger partial charge >= 0.3 is 6.09 Å². The van der Waals surface area contributed by atoms with Crippen molar-refractivity contribution in [1.82, 2.24) is 15.1 Å². The predicted molar refractivity (Wildman–Crippen MR) is 77.5 cm³/mol. The summed E-state index contributed by atoms with van der Waals surface area (Å²) >= 11 is 0. The van der Waals surface area contributed by atoms with Gasteiger partial charge in [-0.1, -0.05) is 0 Å². The molecule has 0 saturated carbocycles. The minimum absolute atomic E-state index is 0.0423. The minimum atomic E-state index is -0.475. The van der Waals surface area contributed by atoms with E-state index in [2.05, 4.69) is 5.32 Å². The Labute approximate surface area is 121 Å². The molecule has 1 aliphatic rings. The van der Waals surface area contributed by atoms with Crippen molar-refractivity contribution in [3.8, 4) is 0 Å². The van der Waals surface area contributed by atoms with Crippen LogP contribution in [0.3, 0.4) is 0 Å². The van der Waals surface area contributed by atoms with Crippen LogP contribution in [0.25, 0.3) is 0 Å².